The molecular formula is C21H24N6O. The molecule has 7 heteroatoms. The van der Waals surface area contributed by atoms with Crippen molar-refractivity contribution < 1.29 is 5.11 Å². The number of phenols is 1. The molecule has 2 fully saturated rings. The average Bonchev–Trinajstić information content (AvgIpc) is 3.37. The SMILES string of the molecule is CN(c1ccc(-c2ccc(-n3cccn3)cc2O)nn1)[C@H]1C[C@H]2CC[C@@H](C1)N2. The number of fused-ring (bicyclic) bond motifs is 2. The van der Waals surface area contributed by atoms with Gasteiger partial charge in [-0.15, -0.1) is 10.2 Å². The highest BCUT2D eigenvalue weighted by Gasteiger charge is 2.35. The second-order valence-corrected chi connectivity index (χ2v) is 7.80. The quantitative estimate of drug-likeness (QED) is 0.729. The van der Waals surface area contributed by atoms with Gasteiger partial charge in [-0.05, 0) is 56.0 Å². The van der Waals surface area contributed by atoms with Crippen LogP contribution in [0.15, 0.2) is 48.8 Å². The molecule has 5 rings (SSSR count). The minimum Gasteiger partial charge on any atom is -0.507 e. The Bertz CT molecular complexity index is 944. The second kappa shape index (κ2) is 6.91. The number of anilines is 1. The maximum Gasteiger partial charge on any atom is 0.151 e. The Morgan fingerprint density at radius 1 is 1.11 bits per heavy atom. The maximum atomic E-state index is 10.5. The average molecular weight is 376 g/mol. The van der Waals surface area contributed by atoms with Gasteiger partial charge in [0.2, 0.25) is 0 Å². The lowest BCUT2D eigenvalue weighted by Gasteiger charge is -2.36. The van der Waals surface area contributed by atoms with Crippen molar-refractivity contribution in [1.82, 2.24) is 25.3 Å². The number of nitrogens with one attached hydrogen (secondary N) is 1. The molecule has 2 aliphatic heterocycles. The molecule has 1 aromatic carbocycles. The summed E-state index contributed by atoms with van der Waals surface area (Å²) in [4.78, 5) is 2.25. The zero-order chi connectivity index (χ0) is 19.1. The lowest BCUT2D eigenvalue weighted by molar-refractivity contribution is 0.353. The van der Waals surface area contributed by atoms with Gasteiger partial charge in [0.15, 0.2) is 5.82 Å². The predicted octanol–water partition coefficient (Wildman–Crippen LogP) is 2.75. The molecule has 2 bridgehead atoms. The monoisotopic (exact) mass is 376 g/mol. The van der Waals surface area contributed by atoms with E-state index in [-0.39, 0.29) is 5.75 Å². The van der Waals surface area contributed by atoms with Crippen LogP contribution in [0, 0.1) is 0 Å². The smallest absolute Gasteiger partial charge is 0.151 e. The van der Waals surface area contributed by atoms with E-state index in [4.69, 9.17) is 0 Å². The van der Waals surface area contributed by atoms with Crippen LogP contribution in [0.5, 0.6) is 5.75 Å². The van der Waals surface area contributed by atoms with Crippen LogP contribution in [0.3, 0.4) is 0 Å². The van der Waals surface area contributed by atoms with E-state index in [9.17, 15) is 5.11 Å². The Hall–Kier alpha value is -2.93. The number of hydrogen-bond acceptors (Lipinski definition) is 6. The third-order valence-corrected chi connectivity index (χ3v) is 6.03. The van der Waals surface area contributed by atoms with Gasteiger partial charge in [-0.3, -0.25) is 0 Å². The number of rotatable bonds is 4. The summed E-state index contributed by atoms with van der Waals surface area (Å²) in [6.45, 7) is 0. The number of hydrogen-bond donors (Lipinski definition) is 2. The first-order chi connectivity index (χ1) is 13.7. The van der Waals surface area contributed by atoms with Crippen LogP contribution >= 0.6 is 0 Å². The molecule has 7 nitrogen and oxygen atoms in total. The molecule has 0 spiro atoms. The molecular weight excluding hydrogens is 352 g/mol. The first-order valence-electron chi connectivity index (χ1n) is 9.83. The molecule has 0 saturated carbocycles. The van der Waals surface area contributed by atoms with Crippen molar-refractivity contribution >= 4 is 5.82 Å². The van der Waals surface area contributed by atoms with E-state index in [0.717, 1.165) is 24.3 Å². The fourth-order valence-electron chi connectivity index (χ4n) is 4.49. The Morgan fingerprint density at radius 3 is 2.57 bits per heavy atom. The van der Waals surface area contributed by atoms with Gasteiger partial charge >= 0.3 is 0 Å². The molecule has 4 heterocycles. The van der Waals surface area contributed by atoms with Crippen LogP contribution in [0.2, 0.25) is 0 Å². The van der Waals surface area contributed by atoms with Gasteiger partial charge in [-0.1, -0.05) is 0 Å². The summed E-state index contributed by atoms with van der Waals surface area (Å²) in [5.41, 5.74) is 2.13. The van der Waals surface area contributed by atoms with Crippen LogP contribution in [0.1, 0.15) is 25.7 Å². The number of aromatic hydroxyl groups is 1. The van der Waals surface area contributed by atoms with Gasteiger partial charge < -0.3 is 15.3 Å². The van der Waals surface area contributed by atoms with E-state index in [0.29, 0.717) is 29.4 Å². The minimum atomic E-state index is 0.165. The van der Waals surface area contributed by atoms with E-state index in [2.05, 4.69) is 32.6 Å². The van der Waals surface area contributed by atoms with Crippen LogP contribution in [-0.2, 0) is 0 Å². The van der Waals surface area contributed by atoms with Crippen LogP contribution < -0.4 is 10.2 Å². The summed E-state index contributed by atoms with van der Waals surface area (Å²) in [7, 11) is 2.11. The number of phenolic OH excluding ortho intramolecular Hbond substituents is 1. The summed E-state index contributed by atoms with van der Waals surface area (Å²) >= 11 is 0. The summed E-state index contributed by atoms with van der Waals surface area (Å²) in [5, 5.41) is 27.2. The highest BCUT2D eigenvalue weighted by atomic mass is 16.3. The van der Waals surface area contributed by atoms with Crippen LogP contribution in [-0.4, -0.2) is 50.3 Å². The van der Waals surface area contributed by atoms with Crippen molar-refractivity contribution in [2.24, 2.45) is 0 Å². The highest BCUT2D eigenvalue weighted by molar-refractivity contribution is 5.69. The van der Waals surface area contributed by atoms with Crippen molar-refractivity contribution in [3.8, 4) is 22.7 Å². The first-order valence-corrected chi connectivity index (χ1v) is 9.83. The lowest BCUT2D eigenvalue weighted by atomic mass is 9.98. The molecule has 2 aromatic heterocycles. The van der Waals surface area contributed by atoms with Crippen molar-refractivity contribution in [3.63, 3.8) is 0 Å². The van der Waals surface area contributed by atoms with Gasteiger partial charge in [0, 0.05) is 49.2 Å². The second-order valence-electron chi connectivity index (χ2n) is 7.80. The van der Waals surface area contributed by atoms with E-state index in [1.54, 1.807) is 16.9 Å². The third kappa shape index (κ3) is 3.11. The molecule has 2 aliphatic rings. The Labute approximate surface area is 164 Å². The Morgan fingerprint density at radius 2 is 1.93 bits per heavy atom. The van der Waals surface area contributed by atoms with Crippen molar-refractivity contribution in [1.29, 1.82) is 0 Å². The molecule has 144 valence electrons. The van der Waals surface area contributed by atoms with Gasteiger partial charge in [0.25, 0.3) is 0 Å². The standard InChI is InChI=1S/C21H24N6O/c1-26(17-11-14-3-4-15(12-17)23-14)21-8-7-19(24-25-21)18-6-5-16(13-20(18)28)27-10-2-9-22-27/h2,5-10,13-15,17,23,28H,3-4,11-12H2,1H3/t14-,15+,17+. The maximum absolute atomic E-state index is 10.5. The third-order valence-electron chi connectivity index (χ3n) is 6.03. The fourth-order valence-corrected chi connectivity index (χ4v) is 4.49. The van der Waals surface area contributed by atoms with E-state index >= 15 is 0 Å². The van der Waals surface area contributed by atoms with Crippen LogP contribution in [0.4, 0.5) is 5.82 Å². The van der Waals surface area contributed by atoms with E-state index in [1.165, 1.54) is 12.8 Å². The number of piperidine rings is 1. The highest BCUT2D eigenvalue weighted by Crippen LogP contribution is 2.32. The zero-order valence-electron chi connectivity index (χ0n) is 15.9. The number of nitrogens with zero attached hydrogens (tertiary/aromatic N) is 5. The summed E-state index contributed by atoms with van der Waals surface area (Å²) in [6.07, 6.45) is 8.43. The Balaban J connectivity index is 1.35. The van der Waals surface area contributed by atoms with Gasteiger partial charge in [-0.25, -0.2) is 4.68 Å². The number of aromatic nitrogens is 4. The molecule has 3 atom stereocenters. The summed E-state index contributed by atoms with van der Waals surface area (Å²) < 4.78 is 1.71. The topological polar surface area (TPSA) is 79.1 Å². The van der Waals surface area contributed by atoms with Gasteiger partial charge in [0.1, 0.15) is 5.75 Å². The molecule has 0 aliphatic carbocycles. The summed E-state index contributed by atoms with van der Waals surface area (Å²) in [6, 6.07) is 13.0. The normalized spacial score (nSPS) is 23.7. The van der Waals surface area contributed by atoms with Gasteiger partial charge in [-0.2, -0.15) is 5.10 Å². The van der Waals surface area contributed by atoms with Crippen LogP contribution in [0.25, 0.3) is 16.9 Å². The molecule has 0 amide bonds. The largest absolute Gasteiger partial charge is 0.507 e. The lowest BCUT2D eigenvalue weighted by Crippen LogP contribution is -2.47. The molecule has 28 heavy (non-hydrogen) atoms. The summed E-state index contributed by atoms with van der Waals surface area (Å²) in [5.74, 6) is 1.04. The van der Waals surface area contributed by atoms with E-state index < -0.39 is 0 Å². The minimum absolute atomic E-state index is 0.165. The van der Waals surface area contributed by atoms with Crippen molar-refractivity contribution in [2.75, 3.05) is 11.9 Å². The van der Waals surface area contributed by atoms with Crippen molar-refractivity contribution in [2.45, 2.75) is 43.8 Å². The van der Waals surface area contributed by atoms with E-state index in [1.807, 2.05) is 36.5 Å². The molecule has 2 saturated heterocycles. The molecule has 0 unspecified atom stereocenters. The zero-order valence-corrected chi connectivity index (χ0v) is 15.9. The molecule has 2 N–H and O–H groups in total. The number of benzene rings is 1. The first kappa shape index (κ1) is 17.2. The van der Waals surface area contributed by atoms with Crippen molar-refractivity contribution in [3.05, 3.63) is 48.8 Å². The predicted molar refractivity (Wildman–Crippen MR) is 108 cm³/mol. The Kier molecular flexibility index (Phi) is 4.24. The fraction of sp³-hybridized carbons (Fsp3) is 0.381. The van der Waals surface area contributed by atoms with Gasteiger partial charge in [0.05, 0.1) is 11.4 Å². The molecule has 0 radical (unpaired) electrons. The molecule has 3 aromatic rings.